The van der Waals surface area contributed by atoms with Crippen LogP contribution in [0.1, 0.15) is 23.8 Å². The summed E-state index contributed by atoms with van der Waals surface area (Å²) in [4.78, 5) is 6.72. The maximum absolute atomic E-state index is 5.93. The molecule has 2 aromatic heterocycles. The number of nitrogens with zero attached hydrogens (tertiary/aromatic N) is 2. The van der Waals surface area contributed by atoms with Crippen molar-refractivity contribution in [2.75, 3.05) is 27.2 Å². The molecule has 4 rings (SSSR count). The predicted molar refractivity (Wildman–Crippen MR) is 102 cm³/mol. The lowest BCUT2D eigenvalue weighted by molar-refractivity contribution is 0.270. The molecule has 0 radical (unpaired) electrons. The molecular formula is C21H25N3O2. The third-order valence-corrected chi connectivity index (χ3v) is 5.28. The normalized spacial score (nSPS) is 20.7. The second-order valence-corrected chi connectivity index (χ2v) is 7.01. The highest BCUT2D eigenvalue weighted by atomic mass is 16.5. The van der Waals surface area contributed by atoms with Gasteiger partial charge in [0, 0.05) is 30.4 Å². The Morgan fingerprint density at radius 2 is 2.23 bits per heavy atom. The number of furan rings is 1. The van der Waals surface area contributed by atoms with Crippen LogP contribution >= 0.6 is 0 Å². The molecule has 0 unspecified atom stereocenters. The summed E-state index contributed by atoms with van der Waals surface area (Å²) in [6.07, 6.45) is 5.02. The molecule has 1 saturated heterocycles. The van der Waals surface area contributed by atoms with Crippen LogP contribution in [0, 0.1) is 5.92 Å². The average Bonchev–Trinajstić information content (AvgIpc) is 3.24. The Morgan fingerprint density at radius 3 is 3.04 bits per heavy atom. The standard InChI is InChI=1S/C21H25N3O2/c1-24-9-7-16(21(24)15-4-3-8-22-12-15)13-23-14-19-11-17-10-18(25-2)5-6-20(17)26-19/h3-6,8,10-12,16,21,23H,7,9,13-14H2,1-2H3/t16-,21-/m0/s1. The first-order valence-electron chi connectivity index (χ1n) is 9.12. The molecule has 1 aliphatic heterocycles. The van der Waals surface area contributed by atoms with Crippen LogP contribution in [0.15, 0.2) is 53.2 Å². The smallest absolute Gasteiger partial charge is 0.134 e. The number of ether oxygens (including phenoxy) is 1. The Kier molecular flexibility index (Phi) is 4.91. The topological polar surface area (TPSA) is 50.5 Å². The van der Waals surface area contributed by atoms with Crippen LogP contribution in [0.25, 0.3) is 11.0 Å². The number of methoxy groups -OCH3 is 1. The van der Waals surface area contributed by atoms with Gasteiger partial charge in [0.25, 0.3) is 0 Å². The maximum Gasteiger partial charge on any atom is 0.134 e. The molecule has 0 saturated carbocycles. The van der Waals surface area contributed by atoms with E-state index in [-0.39, 0.29) is 0 Å². The van der Waals surface area contributed by atoms with Gasteiger partial charge < -0.3 is 14.5 Å². The molecule has 1 aromatic carbocycles. The van der Waals surface area contributed by atoms with Crippen LogP contribution in [0.5, 0.6) is 5.75 Å². The van der Waals surface area contributed by atoms with Crippen molar-refractivity contribution in [1.82, 2.24) is 15.2 Å². The number of aromatic nitrogens is 1. The molecule has 0 spiro atoms. The molecule has 0 aliphatic carbocycles. The molecule has 1 aliphatic rings. The van der Waals surface area contributed by atoms with Gasteiger partial charge >= 0.3 is 0 Å². The van der Waals surface area contributed by atoms with Crippen molar-refractivity contribution in [2.24, 2.45) is 5.92 Å². The summed E-state index contributed by atoms with van der Waals surface area (Å²) in [5, 5.41) is 4.66. The Labute approximate surface area is 154 Å². The largest absolute Gasteiger partial charge is 0.497 e. The molecule has 5 heteroatoms. The summed E-state index contributed by atoms with van der Waals surface area (Å²) >= 11 is 0. The quantitative estimate of drug-likeness (QED) is 0.735. The number of rotatable bonds is 6. The van der Waals surface area contributed by atoms with Crippen molar-refractivity contribution in [3.8, 4) is 5.75 Å². The highest BCUT2D eigenvalue weighted by Crippen LogP contribution is 2.35. The highest BCUT2D eigenvalue weighted by molar-refractivity contribution is 5.79. The van der Waals surface area contributed by atoms with E-state index >= 15 is 0 Å². The van der Waals surface area contributed by atoms with Crippen LogP contribution in [-0.2, 0) is 6.54 Å². The van der Waals surface area contributed by atoms with Gasteiger partial charge in [0.15, 0.2) is 0 Å². The van der Waals surface area contributed by atoms with E-state index in [1.165, 1.54) is 12.0 Å². The van der Waals surface area contributed by atoms with Crippen LogP contribution in [0.3, 0.4) is 0 Å². The van der Waals surface area contributed by atoms with Crippen LogP contribution < -0.4 is 10.1 Å². The SMILES string of the molecule is COc1ccc2oc(CNC[C@@H]3CCN(C)[C@H]3c3cccnc3)cc2c1. The fourth-order valence-electron chi connectivity index (χ4n) is 3.99. The van der Waals surface area contributed by atoms with Gasteiger partial charge in [-0.25, -0.2) is 0 Å². The fraction of sp³-hybridized carbons (Fsp3) is 0.381. The summed E-state index contributed by atoms with van der Waals surface area (Å²) in [5.74, 6) is 2.39. The predicted octanol–water partition coefficient (Wildman–Crippen LogP) is 3.62. The molecule has 0 amide bonds. The highest BCUT2D eigenvalue weighted by Gasteiger charge is 2.32. The zero-order valence-corrected chi connectivity index (χ0v) is 15.3. The minimum absolute atomic E-state index is 0.427. The van der Waals surface area contributed by atoms with Crippen molar-refractivity contribution in [3.63, 3.8) is 0 Å². The van der Waals surface area contributed by atoms with E-state index < -0.39 is 0 Å². The maximum atomic E-state index is 5.93. The van der Waals surface area contributed by atoms with E-state index in [9.17, 15) is 0 Å². The molecule has 0 bridgehead atoms. The molecule has 3 aromatic rings. The van der Waals surface area contributed by atoms with E-state index in [0.717, 1.165) is 42.1 Å². The van der Waals surface area contributed by atoms with Crippen molar-refractivity contribution in [2.45, 2.75) is 19.0 Å². The van der Waals surface area contributed by atoms with Gasteiger partial charge in [-0.2, -0.15) is 0 Å². The first kappa shape index (κ1) is 17.1. The Hall–Kier alpha value is -2.37. The number of fused-ring (bicyclic) bond motifs is 1. The molecule has 26 heavy (non-hydrogen) atoms. The van der Waals surface area contributed by atoms with Gasteiger partial charge in [0.2, 0.25) is 0 Å². The van der Waals surface area contributed by atoms with E-state index in [2.05, 4.69) is 34.4 Å². The Morgan fingerprint density at radius 1 is 1.31 bits per heavy atom. The number of hydrogen-bond acceptors (Lipinski definition) is 5. The number of likely N-dealkylation sites (tertiary alicyclic amines) is 1. The average molecular weight is 351 g/mol. The van der Waals surface area contributed by atoms with Gasteiger partial charge in [-0.3, -0.25) is 9.88 Å². The Balaban J connectivity index is 1.39. The van der Waals surface area contributed by atoms with Crippen molar-refractivity contribution in [1.29, 1.82) is 0 Å². The summed E-state index contributed by atoms with van der Waals surface area (Å²) in [6.45, 7) is 2.82. The van der Waals surface area contributed by atoms with Crippen molar-refractivity contribution in [3.05, 3.63) is 60.1 Å². The lowest BCUT2D eigenvalue weighted by Gasteiger charge is -2.25. The number of benzene rings is 1. The third kappa shape index (κ3) is 3.45. The number of hydrogen-bond donors (Lipinski definition) is 1. The van der Waals surface area contributed by atoms with E-state index in [1.54, 1.807) is 7.11 Å². The molecular weight excluding hydrogens is 326 g/mol. The molecule has 1 fully saturated rings. The first-order valence-corrected chi connectivity index (χ1v) is 9.12. The van der Waals surface area contributed by atoms with Crippen LogP contribution in [0.4, 0.5) is 0 Å². The van der Waals surface area contributed by atoms with Gasteiger partial charge in [-0.15, -0.1) is 0 Å². The second kappa shape index (κ2) is 7.48. The minimum Gasteiger partial charge on any atom is -0.497 e. The zero-order valence-electron chi connectivity index (χ0n) is 15.3. The van der Waals surface area contributed by atoms with Crippen LogP contribution in [0.2, 0.25) is 0 Å². The molecule has 1 N–H and O–H groups in total. The minimum atomic E-state index is 0.427. The van der Waals surface area contributed by atoms with Gasteiger partial charge in [0.05, 0.1) is 13.7 Å². The number of nitrogens with one attached hydrogen (secondary N) is 1. The summed E-state index contributed by atoms with van der Waals surface area (Å²) in [5.41, 5.74) is 2.20. The summed E-state index contributed by atoms with van der Waals surface area (Å²) in [7, 11) is 3.88. The van der Waals surface area contributed by atoms with Gasteiger partial charge in [-0.05, 0) is 61.8 Å². The number of pyridine rings is 1. The zero-order chi connectivity index (χ0) is 17.9. The van der Waals surface area contributed by atoms with Gasteiger partial charge in [0.1, 0.15) is 17.1 Å². The second-order valence-electron chi connectivity index (χ2n) is 7.01. The lowest BCUT2D eigenvalue weighted by Crippen LogP contribution is -2.28. The lowest BCUT2D eigenvalue weighted by atomic mass is 9.95. The fourth-order valence-corrected chi connectivity index (χ4v) is 3.99. The summed E-state index contributed by atoms with van der Waals surface area (Å²) in [6, 6.07) is 12.6. The van der Waals surface area contributed by atoms with Crippen molar-refractivity contribution < 1.29 is 9.15 Å². The molecule has 5 nitrogen and oxygen atoms in total. The van der Waals surface area contributed by atoms with Crippen molar-refractivity contribution >= 4 is 11.0 Å². The van der Waals surface area contributed by atoms with E-state index in [0.29, 0.717) is 12.0 Å². The molecule has 136 valence electrons. The summed E-state index contributed by atoms with van der Waals surface area (Å²) < 4.78 is 11.2. The third-order valence-electron chi connectivity index (χ3n) is 5.28. The van der Waals surface area contributed by atoms with E-state index in [1.807, 2.05) is 36.7 Å². The van der Waals surface area contributed by atoms with Gasteiger partial charge in [-0.1, -0.05) is 6.07 Å². The Bertz CT molecular complexity index is 862. The van der Waals surface area contributed by atoms with E-state index in [4.69, 9.17) is 9.15 Å². The molecule has 3 heterocycles. The monoisotopic (exact) mass is 351 g/mol. The first-order chi connectivity index (χ1) is 12.7. The molecule has 2 atom stereocenters. The van der Waals surface area contributed by atoms with Crippen LogP contribution in [-0.4, -0.2) is 37.1 Å².